The molecule has 2 rings (SSSR count). The first kappa shape index (κ1) is 13.1. The molecule has 0 aliphatic heterocycles. The Labute approximate surface area is 112 Å². The van der Waals surface area contributed by atoms with E-state index in [0.717, 1.165) is 16.7 Å². The minimum absolute atomic E-state index is 0.245. The van der Waals surface area contributed by atoms with Gasteiger partial charge < -0.3 is 0 Å². The van der Waals surface area contributed by atoms with E-state index in [-0.39, 0.29) is 11.2 Å². The highest BCUT2D eigenvalue weighted by Gasteiger charge is 2.14. The standard InChI is InChI=1S/C16H16ClF/c1-10-4-6-13(8-12(10)3)16(17)15-9-14(18)7-5-11(15)2/h4-9,16H,1-3H3. The fourth-order valence-corrected chi connectivity index (χ4v) is 2.36. The number of halogens is 2. The molecule has 0 amide bonds. The highest BCUT2D eigenvalue weighted by atomic mass is 35.5. The molecule has 0 radical (unpaired) electrons. The number of benzene rings is 2. The van der Waals surface area contributed by atoms with Gasteiger partial charge in [0.15, 0.2) is 0 Å². The van der Waals surface area contributed by atoms with Gasteiger partial charge in [0.25, 0.3) is 0 Å². The molecule has 1 atom stereocenters. The van der Waals surface area contributed by atoms with Crippen molar-refractivity contribution in [1.82, 2.24) is 0 Å². The zero-order valence-electron chi connectivity index (χ0n) is 10.8. The van der Waals surface area contributed by atoms with Gasteiger partial charge in [-0.1, -0.05) is 24.3 Å². The molecule has 18 heavy (non-hydrogen) atoms. The third-order valence-electron chi connectivity index (χ3n) is 3.34. The van der Waals surface area contributed by atoms with Crippen LogP contribution in [0.2, 0.25) is 0 Å². The average molecular weight is 263 g/mol. The smallest absolute Gasteiger partial charge is 0.123 e. The van der Waals surface area contributed by atoms with Gasteiger partial charge in [-0.15, -0.1) is 11.6 Å². The summed E-state index contributed by atoms with van der Waals surface area (Å²) in [4.78, 5) is 0. The van der Waals surface area contributed by atoms with E-state index in [4.69, 9.17) is 11.6 Å². The van der Waals surface area contributed by atoms with Crippen LogP contribution in [0, 0.1) is 26.6 Å². The molecular formula is C16H16ClF. The largest absolute Gasteiger partial charge is 0.207 e. The van der Waals surface area contributed by atoms with Crippen LogP contribution < -0.4 is 0 Å². The number of alkyl halides is 1. The second-order valence-corrected chi connectivity index (χ2v) is 5.14. The van der Waals surface area contributed by atoms with Crippen LogP contribution in [0.15, 0.2) is 36.4 Å². The Morgan fingerprint density at radius 3 is 2.22 bits per heavy atom. The van der Waals surface area contributed by atoms with Gasteiger partial charge in [0.1, 0.15) is 5.82 Å². The fraction of sp³-hybridized carbons (Fsp3) is 0.250. The van der Waals surface area contributed by atoms with Crippen LogP contribution in [-0.2, 0) is 0 Å². The van der Waals surface area contributed by atoms with Crippen molar-refractivity contribution in [2.24, 2.45) is 0 Å². The predicted octanol–water partition coefficient (Wildman–Crippen LogP) is 5.08. The van der Waals surface area contributed by atoms with Crippen LogP contribution in [-0.4, -0.2) is 0 Å². The number of hydrogen-bond acceptors (Lipinski definition) is 0. The van der Waals surface area contributed by atoms with Crippen LogP contribution in [0.4, 0.5) is 4.39 Å². The van der Waals surface area contributed by atoms with Gasteiger partial charge in [-0.2, -0.15) is 0 Å². The van der Waals surface area contributed by atoms with Crippen molar-refractivity contribution in [3.05, 3.63) is 70.0 Å². The normalized spacial score (nSPS) is 12.5. The van der Waals surface area contributed by atoms with Crippen molar-refractivity contribution in [2.75, 3.05) is 0 Å². The van der Waals surface area contributed by atoms with Crippen LogP contribution in [0.5, 0.6) is 0 Å². The quantitative estimate of drug-likeness (QED) is 0.662. The Kier molecular flexibility index (Phi) is 3.72. The van der Waals surface area contributed by atoms with Crippen molar-refractivity contribution in [2.45, 2.75) is 26.1 Å². The van der Waals surface area contributed by atoms with Crippen LogP contribution in [0.3, 0.4) is 0 Å². The summed E-state index contributed by atoms with van der Waals surface area (Å²) < 4.78 is 13.3. The van der Waals surface area contributed by atoms with E-state index in [9.17, 15) is 4.39 Å². The van der Waals surface area contributed by atoms with E-state index < -0.39 is 0 Å². The first-order valence-electron chi connectivity index (χ1n) is 5.96. The number of aryl methyl sites for hydroxylation is 3. The summed E-state index contributed by atoms with van der Waals surface area (Å²) in [6, 6.07) is 10.9. The van der Waals surface area contributed by atoms with E-state index in [1.165, 1.54) is 23.3 Å². The van der Waals surface area contributed by atoms with Crippen LogP contribution in [0.25, 0.3) is 0 Å². The summed E-state index contributed by atoms with van der Waals surface area (Å²) in [5.74, 6) is -0.245. The molecule has 0 fully saturated rings. The molecule has 0 nitrogen and oxygen atoms in total. The molecule has 0 spiro atoms. The van der Waals surface area contributed by atoms with E-state index in [0.29, 0.717) is 0 Å². The summed E-state index contributed by atoms with van der Waals surface area (Å²) in [5, 5.41) is -0.306. The zero-order chi connectivity index (χ0) is 13.3. The Morgan fingerprint density at radius 1 is 0.889 bits per heavy atom. The average Bonchev–Trinajstić information content (AvgIpc) is 2.35. The maximum atomic E-state index is 13.3. The van der Waals surface area contributed by atoms with Crippen LogP contribution in [0.1, 0.15) is 33.2 Å². The molecule has 0 saturated heterocycles. The maximum Gasteiger partial charge on any atom is 0.123 e. The van der Waals surface area contributed by atoms with Crippen molar-refractivity contribution >= 4 is 11.6 Å². The Bertz CT molecular complexity index is 575. The third-order valence-corrected chi connectivity index (χ3v) is 3.83. The molecular weight excluding hydrogens is 247 g/mol. The summed E-state index contributed by atoms with van der Waals surface area (Å²) in [5.41, 5.74) is 5.29. The zero-order valence-corrected chi connectivity index (χ0v) is 11.6. The second kappa shape index (κ2) is 5.11. The first-order chi connectivity index (χ1) is 8.49. The third kappa shape index (κ3) is 2.56. The van der Waals surface area contributed by atoms with Gasteiger partial charge in [0.05, 0.1) is 5.38 Å². The van der Waals surface area contributed by atoms with E-state index in [2.05, 4.69) is 26.0 Å². The van der Waals surface area contributed by atoms with Crippen molar-refractivity contribution in [1.29, 1.82) is 0 Å². The molecule has 2 heteroatoms. The van der Waals surface area contributed by atoms with Gasteiger partial charge in [-0.25, -0.2) is 4.39 Å². The minimum atomic E-state index is -0.306. The number of hydrogen-bond donors (Lipinski definition) is 0. The monoisotopic (exact) mass is 262 g/mol. The van der Waals surface area contributed by atoms with Crippen molar-refractivity contribution in [3.63, 3.8) is 0 Å². The van der Waals surface area contributed by atoms with Crippen molar-refractivity contribution in [3.8, 4) is 0 Å². The highest BCUT2D eigenvalue weighted by Crippen LogP contribution is 2.32. The molecule has 0 bridgehead atoms. The molecule has 2 aromatic rings. The van der Waals surface area contributed by atoms with Gasteiger partial charge >= 0.3 is 0 Å². The summed E-state index contributed by atoms with van der Waals surface area (Å²) >= 11 is 6.47. The Morgan fingerprint density at radius 2 is 1.56 bits per heavy atom. The van der Waals surface area contributed by atoms with Gasteiger partial charge in [0.2, 0.25) is 0 Å². The summed E-state index contributed by atoms with van der Waals surface area (Å²) in [6.07, 6.45) is 0. The molecule has 0 aliphatic carbocycles. The minimum Gasteiger partial charge on any atom is -0.207 e. The highest BCUT2D eigenvalue weighted by molar-refractivity contribution is 6.22. The molecule has 1 unspecified atom stereocenters. The molecule has 0 aliphatic rings. The molecule has 0 heterocycles. The topological polar surface area (TPSA) is 0 Å². The molecule has 94 valence electrons. The lowest BCUT2D eigenvalue weighted by Gasteiger charge is -2.14. The van der Waals surface area contributed by atoms with E-state index >= 15 is 0 Å². The Balaban J connectivity index is 2.44. The molecule has 0 N–H and O–H groups in total. The predicted molar refractivity (Wildman–Crippen MR) is 74.7 cm³/mol. The summed E-state index contributed by atoms with van der Waals surface area (Å²) in [6.45, 7) is 6.07. The first-order valence-corrected chi connectivity index (χ1v) is 6.40. The van der Waals surface area contributed by atoms with Gasteiger partial charge in [-0.05, 0) is 60.7 Å². The second-order valence-electron chi connectivity index (χ2n) is 4.71. The lowest BCUT2D eigenvalue weighted by molar-refractivity contribution is 0.625. The lowest BCUT2D eigenvalue weighted by Crippen LogP contribution is -1.98. The van der Waals surface area contributed by atoms with Crippen molar-refractivity contribution < 1.29 is 4.39 Å². The fourth-order valence-electron chi connectivity index (χ4n) is 1.99. The van der Waals surface area contributed by atoms with Gasteiger partial charge in [0, 0.05) is 0 Å². The van der Waals surface area contributed by atoms with Crippen LogP contribution >= 0.6 is 11.6 Å². The molecule has 0 saturated carbocycles. The number of rotatable bonds is 2. The summed E-state index contributed by atoms with van der Waals surface area (Å²) in [7, 11) is 0. The SMILES string of the molecule is Cc1ccc(C(Cl)c2cc(F)ccc2C)cc1C. The molecule has 0 aromatic heterocycles. The maximum absolute atomic E-state index is 13.3. The lowest BCUT2D eigenvalue weighted by atomic mass is 9.97. The van der Waals surface area contributed by atoms with E-state index in [1.807, 2.05) is 13.0 Å². The molecule has 2 aromatic carbocycles. The van der Waals surface area contributed by atoms with E-state index in [1.54, 1.807) is 6.07 Å². The Hall–Kier alpha value is -1.34. The van der Waals surface area contributed by atoms with Gasteiger partial charge in [-0.3, -0.25) is 0 Å².